The standard InChI is InChI=1S/C12H14ClFN2O3/c1-3-16(6-11(17)18)12(19)15-10-4-7(2)9(14)5-8(10)13/h4-5H,3,6H2,1-2H3,(H,15,19)(H,17,18). The summed E-state index contributed by atoms with van der Waals surface area (Å²) in [5.74, 6) is -1.58. The number of aryl methyl sites for hydroxylation is 1. The summed E-state index contributed by atoms with van der Waals surface area (Å²) >= 11 is 5.81. The van der Waals surface area contributed by atoms with Gasteiger partial charge in [-0.15, -0.1) is 0 Å². The molecule has 0 saturated carbocycles. The highest BCUT2D eigenvalue weighted by atomic mass is 35.5. The molecule has 1 aromatic carbocycles. The average Bonchev–Trinajstić information content (AvgIpc) is 2.32. The number of rotatable bonds is 4. The number of carbonyl (C=O) groups is 2. The van der Waals surface area contributed by atoms with E-state index in [0.29, 0.717) is 5.56 Å². The molecular weight excluding hydrogens is 275 g/mol. The van der Waals surface area contributed by atoms with Crippen LogP contribution in [0.15, 0.2) is 12.1 Å². The quantitative estimate of drug-likeness (QED) is 0.895. The maximum Gasteiger partial charge on any atom is 0.323 e. The van der Waals surface area contributed by atoms with E-state index in [-0.39, 0.29) is 17.3 Å². The molecule has 0 saturated heterocycles. The van der Waals surface area contributed by atoms with E-state index in [0.717, 1.165) is 11.0 Å². The second-order valence-corrected chi connectivity index (χ2v) is 4.33. The summed E-state index contributed by atoms with van der Waals surface area (Å²) in [7, 11) is 0. The molecule has 0 fully saturated rings. The molecule has 1 aromatic rings. The molecule has 0 radical (unpaired) electrons. The van der Waals surface area contributed by atoms with Gasteiger partial charge >= 0.3 is 12.0 Å². The van der Waals surface area contributed by atoms with Gasteiger partial charge in [0.1, 0.15) is 12.4 Å². The van der Waals surface area contributed by atoms with E-state index in [9.17, 15) is 14.0 Å². The number of benzene rings is 1. The topological polar surface area (TPSA) is 69.6 Å². The number of hydrogen-bond donors (Lipinski definition) is 2. The summed E-state index contributed by atoms with van der Waals surface area (Å²) in [6.45, 7) is 3.01. The van der Waals surface area contributed by atoms with Crippen molar-refractivity contribution in [2.24, 2.45) is 0 Å². The van der Waals surface area contributed by atoms with E-state index in [2.05, 4.69) is 5.32 Å². The largest absolute Gasteiger partial charge is 0.480 e. The number of urea groups is 1. The van der Waals surface area contributed by atoms with Gasteiger partial charge in [-0.2, -0.15) is 0 Å². The van der Waals surface area contributed by atoms with Crippen LogP contribution in [0.5, 0.6) is 0 Å². The second-order valence-electron chi connectivity index (χ2n) is 3.92. The van der Waals surface area contributed by atoms with Crippen molar-refractivity contribution in [3.05, 3.63) is 28.5 Å². The number of nitrogens with one attached hydrogen (secondary N) is 1. The van der Waals surface area contributed by atoms with Crippen LogP contribution in [-0.2, 0) is 4.79 Å². The van der Waals surface area contributed by atoms with Crippen LogP contribution in [0.2, 0.25) is 5.02 Å². The second kappa shape index (κ2) is 6.38. The van der Waals surface area contributed by atoms with Gasteiger partial charge in [-0.3, -0.25) is 4.79 Å². The molecule has 0 atom stereocenters. The zero-order chi connectivity index (χ0) is 14.6. The van der Waals surface area contributed by atoms with Crippen LogP contribution < -0.4 is 5.32 Å². The van der Waals surface area contributed by atoms with Gasteiger partial charge < -0.3 is 15.3 Å². The number of aliphatic carboxylic acids is 1. The molecule has 19 heavy (non-hydrogen) atoms. The van der Waals surface area contributed by atoms with Crippen molar-refractivity contribution in [2.45, 2.75) is 13.8 Å². The fourth-order valence-corrected chi connectivity index (χ4v) is 1.64. The van der Waals surface area contributed by atoms with Crippen LogP contribution in [0.1, 0.15) is 12.5 Å². The van der Waals surface area contributed by atoms with Gasteiger partial charge in [-0.05, 0) is 31.5 Å². The van der Waals surface area contributed by atoms with Crippen LogP contribution in [0.25, 0.3) is 0 Å². The maximum atomic E-state index is 13.2. The maximum absolute atomic E-state index is 13.2. The van der Waals surface area contributed by atoms with Crippen molar-refractivity contribution in [1.29, 1.82) is 0 Å². The number of anilines is 1. The molecule has 2 N–H and O–H groups in total. The fourth-order valence-electron chi connectivity index (χ4n) is 1.44. The summed E-state index contributed by atoms with van der Waals surface area (Å²) in [6.07, 6.45) is 0. The van der Waals surface area contributed by atoms with Crippen molar-refractivity contribution in [1.82, 2.24) is 4.90 Å². The summed E-state index contributed by atoms with van der Waals surface area (Å²) in [4.78, 5) is 23.5. The molecule has 0 spiro atoms. The van der Waals surface area contributed by atoms with Crippen molar-refractivity contribution < 1.29 is 19.1 Å². The molecule has 5 nitrogen and oxygen atoms in total. The zero-order valence-electron chi connectivity index (χ0n) is 10.5. The number of halogens is 2. The highest BCUT2D eigenvalue weighted by Crippen LogP contribution is 2.25. The molecule has 0 bridgehead atoms. The lowest BCUT2D eigenvalue weighted by Crippen LogP contribution is -2.38. The lowest BCUT2D eigenvalue weighted by atomic mass is 10.2. The lowest BCUT2D eigenvalue weighted by Gasteiger charge is -2.19. The first kappa shape index (κ1) is 15.2. The van der Waals surface area contributed by atoms with Gasteiger partial charge in [-0.25, -0.2) is 9.18 Å². The lowest BCUT2D eigenvalue weighted by molar-refractivity contribution is -0.137. The number of carboxylic acid groups (broad SMARTS) is 1. The van der Waals surface area contributed by atoms with Crippen molar-refractivity contribution >= 4 is 29.3 Å². The number of hydrogen-bond acceptors (Lipinski definition) is 2. The molecule has 104 valence electrons. The summed E-state index contributed by atoms with van der Waals surface area (Å²) in [6, 6.07) is 1.89. The Kier molecular flexibility index (Phi) is 5.11. The number of carboxylic acids is 1. The summed E-state index contributed by atoms with van der Waals surface area (Å²) in [5, 5.41) is 11.2. The molecule has 0 aliphatic heterocycles. The van der Waals surface area contributed by atoms with Crippen LogP contribution >= 0.6 is 11.6 Å². The van der Waals surface area contributed by atoms with E-state index in [1.807, 2.05) is 0 Å². The molecule has 0 aliphatic rings. The zero-order valence-corrected chi connectivity index (χ0v) is 11.3. The number of nitrogens with zero attached hydrogens (tertiary/aromatic N) is 1. The summed E-state index contributed by atoms with van der Waals surface area (Å²) in [5.41, 5.74) is 0.579. The third-order valence-electron chi connectivity index (χ3n) is 2.48. The van der Waals surface area contributed by atoms with E-state index in [4.69, 9.17) is 16.7 Å². The van der Waals surface area contributed by atoms with Gasteiger partial charge in [0.05, 0.1) is 10.7 Å². The molecule has 0 aliphatic carbocycles. The van der Waals surface area contributed by atoms with Gasteiger partial charge in [0, 0.05) is 6.54 Å². The predicted molar refractivity (Wildman–Crippen MR) is 70.0 cm³/mol. The highest BCUT2D eigenvalue weighted by molar-refractivity contribution is 6.33. The highest BCUT2D eigenvalue weighted by Gasteiger charge is 2.16. The molecule has 2 amide bonds. The Balaban J connectivity index is 2.86. The monoisotopic (exact) mass is 288 g/mol. The molecule has 7 heteroatoms. The van der Waals surface area contributed by atoms with E-state index in [1.54, 1.807) is 6.92 Å². The van der Waals surface area contributed by atoms with E-state index in [1.165, 1.54) is 13.0 Å². The Hall–Kier alpha value is -1.82. The van der Waals surface area contributed by atoms with E-state index >= 15 is 0 Å². The molecule has 1 rings (SSSR count). The van der Waals surface area contributed by atoms with Crippen LogP contribution in [0, 0.1) is 12.7 Å². The fraction of sp³-hybridized carbons (Fsp3) is 0.333. The van der Waals surface area contributed by atoms with Crippen molar-refractivity contribution in [3.8, 4) is 0 Å². The number of amides is 2. The van der Waals surface area contributed by atoms with Gasteiger partial charge in [-0.1, -0.05) is 11.6 Å². The minimum Gasteiger partial charge on any atom is -0.480 e. The third-order valence-corrected chi connectivity index (χ3v) is 2.80. The third kappa shape index (κ3) is 4.10. The molecule has 0 aromatic heterocycles. The molecule has 0 unspecified atom stereocenters. The number of likely N-dealkylation sites (N-methyl/N-ethyl adjacent to an activating group) is 1. The van der Waals surface area contributed by atoms with Crippen LogP contribution in [0.3, 0.4) is 0 Å². The molecule has 0 heterocycles. The first-order valence-electron chi connectivity index (χ1n) is 5.58. The minimum atomic E-state index is -1.11. The van der Waals surface area contributed by atoms with Gasteiger partial charge in [0.15, 0.2) is 0 Å². The minimum absolute atomic E-state index is 0.0582. The van der Waals surface area contributed by atoms with Crippen LogP contribution in [-0.4, -0.2) is 35.1 Å². The molecular formula is C12H14ClFN2O3. The first-order valence-corrected chi connectivity index (χ1v) is 5.96. The van der Waals surface area contributed by atoms with Crippen LogP contribution in [0.4, 0.5) is 14.9 Å². The Bertz CT molecular complexity index is 508. The summed E-state index contributed by atoms with van der Waals surface area (Å²) < 4.78 is 13.2. The van der Waals surface area contributed by atoms with E-state index < -0.39 is 24.4 Å². The normalized spacial score (nSPS) is 10.1. The van der Waals surface area contributed by atoms with Crippen molar-refractivity contribution in [3.63, 3.8) is 0 Å². The Morgan fingerprint density at radius 1 is 1.47 bits per heavy atom. The Morgan fingerprint density at radius 2 is 2.11 bits per heavy atom. The number of carbonyl (C=O) groups excluding carboxylic acids is 1. The Labute approximate surface area is 115 Å². The SMILES string of the molecule is CCN(CC(=O)O)C(=O)Nc1cc(C)c(F)cc1Cl. The van der Waals surface area contributed by atoms with Crippen molar-refractivity contribution in [2.75, 3.05) is 18.4 Å². The average molecular weight is 289 g/mol. The van der Waals surface area contributed by atoms with Gasteiger partial charge in [0.25, 0.3) is 0 Å². The first-order chi connectivity index (χ1) is 8.85. The smallest absolute Gasteiger partial charge is 0.323 e. The Morgan fingerprint density at radius 3 is 2.63 bits per heavy atom. The van der Waals surface area contributed by atoms with Gasteiger partial charge in [0.2, 0.25) is 0 Å². The predicted octanol–water partition coefficient (Wildman–Crippen LogP) is 2.73.